The molecular formula is C38H74NO12P. The molecular weight excluding hydrogens is 693 g/mol. The Kier molecular flexibility index (Phi) is 26.0. The molecule has 14 heteroatoms. The van der Waals surface area contributed by atoms with Crippen molar-refractivity contribution >= 4 is 13.7 Å². The third-order valence-corrected chi connectivity index (χ3v) is 10.8. The number of hydrogen-bond donors (Lipinski definition) is 9. The van der Waals surface area contributed by atoms with Crippen LogP contribution >= 0.6 is 7.82 Å². The summed E-state index contributed by atoms with van der Waals surface area (Å²) in [4.78, 5) is 23.3. The maximum absolute atomic E-state index is 12.9. The lowest BCUT2D eigenvalue weighted by Gasteiger charge is -2.41. The maximum Gasteiger partial charge on any atom is 0.472 e. The van der Waals surface area contributed by atoms with Crippen molar-refractivity contribution in [1.82, 2.24) is 5.32 Å². The number of amides is 1. The number of allylic oxidation sites excluding steroid dienone is 1. The summed E-state index contributed by atoms with van der Waals surface area (Å²) >= 11 is 0. The molecule has 10 atom stereocenters. The second-order valence-electron chi connectivity index (χ2n) is 15.6. The van der Waals surface area contributed by atoms with Gasteiger partial charge in [-0.1, -0.05) is 143 Å². The van der Waals surface area contributed by atoms with Gasteiger partial charge < -0.3 is 46.0 Å². The molecule has 0 radical (unpaired) electrons. The Morgan fingerprint density at radius 3 is 1.52 bits per heavy atom. The van der Waals surface area contributed by atoms with E-state index < -0.39 is 75.2 Å². The zero-order chi connectivity index (χ0) is 39.1. The predicted octanol–water partition coefficient (Wildman–Crippen LogP) is 4.79. The standard InChI is InChI=1S/C38H74NO12P/c1-27(2)22-18-14-10-6-5-7-12-16-20-24-30(40)29(26-50-52(48,49)51-37-35(45)33(43)32(42)34(44)36(37)46)39-38(47)31(41)25-21-17-13-9-8-11-15-19-23-28(3)4/h20,24,27-37,40-46H,5-19,21-23,25-26H2,1-4H3,(H,39,47)(H,48,49)/b24-20+/t29-,30-,31-,32?,33-,34+,35-,36-,37?/m1/s1. The minimum Gasteiger partial charge on any atom is -0.387 e. The number of unbranched alkanes of at least 4 members (excludes halogenated alkanes) is 14. The van der Waals surface area contributed by atoms with Crippen molar-refractivity contribution in [1.29, 1.82) is 0 Å². The maximum atomic E-state index is 12.9. The number of phosphoric ester groups is 1. The summed E-state index contributed by atoms with van der Waals surface area (Å²) in [6.45, 7) is 8.17. The van der Waals surface area contributed by atoms with Crippen LogP contribution in [0, 0.1) is 11.8 Å². The van der Waals surface area contributed by atoms with E-state index in [0.717, 1.165) is 56.8 Å². The molecule has 1 amide bonds. The summed E-state index contributed by atoms with van der Waals surface area (Å²) in [7, 11) is -5.14. The van der Waals surface area contributed by atoms with Gasteiger partial charge in [0.05, 0.1) is 18.8 Å². The Balaban J connectivity index is 2.68. The van der Waals surface area contributed by atoms with E-state index >= 15 is 0 Å². The van der Waals surface area contributed by atoms with Crippen molar-refractivity contribution in [2.75, 3.05) is 6.61 Å². The number of nitrogens with one attached hydrogen (secondary N) is 1. The molecule has 1 rings (SSSR count). The normalized spacial score (nSPS) is 25.4. The van der Waals surface area contributed by atoms with Crippen molar-refractivity contribution in [3.63, 3.8) is 0 Å². The molecule has 0 aliphatic heterocycles. The molecule has 0 spiro atoms. The monoisotopic (exact) mass is 767 g/mol. The first kappa shape index (κ1) is 49.1. The number of aliphatic hydroxyl groups excluding tert-OH is 7. The Morgan fingerprint density at radius 1 is 0.654 bits per heavy atom. The molecule has 13 nitrogen and oxygen atoms in total. The molecule has 1 fully saturated rings. The lowest BCUT2D eigenvalue weighted by atomic mass is 9.85. The first-order valence-corrected chi connectivity index (χ1v) is 21.5. The van der Waals surface area contributed by atoms with Crippen LogP contribution in [0.2, 0.25) is 0 Å². The topological polar surface area (TPSA) is 226 Å². The van der Waals surface area contributed by atoms with Gasteiger partial charge in [-0.05, 0) is 31.1 Å². The average Bonchev–Trinajstić information content (AvgIpc) is 3.09. The molecule has 0 aromatic heterocycles. The van der Waals surface area contributed by atoms with Crippen LogP contribution in [0.3, 0.4) is 0 Å². The highest BCUT2D eigenvalue weighted by Gasteiger charge is 2.51. The fraction of sp³-hybridized carbons (Fsp3) is 0.921. The molecule has 1 saturated carbocycles. The van der Waals surface area contributed by atoms with Crippen LogP contribution in [0.15, 0.2) is 12.2 Å². The molecule has 1 aliphatic rings. The molecule has 9 N–H and O–H groups in total. The van der Waals surface area contributed by atoms with E-state index in [1.807, 2.05) is 0 Å². The number of rotatable bonds is 30. The predicted molar refractivity (Wildman–Crippen MR) is 201 cm³/mol. The number of hydrogen-bond acceptors (Lipinski definition) is 11. The highest BCUT2D eigenvalue weighted by Crippen LogP contribution is 2.47. The van der Waals surface area contributed by atoms with Gasteiger partial charge in [-0.3, -0.25) is 13.8 Å². The van der Waals surface area contributed by atoms with Gasteiger partial charge in [0.2, 0.25) is 5.91 Å². The Morgan fingerprint density at radius 2 is 1.06 bits per heavy atom. The van der Waals surface area contributed by atoms with Crippen molar-refractivity contribution in [3.8, 4) is 0 Å². The molecule has 308 valence electrons. The second-order valence-corrected chi connectivity index (χ2v) is 17.0. The lowest BCUT2D eigenvalue weighted by molar-refractivity contribution is -0.220. The quantitative estimate of drug-likeness (QED) is 0.0273. The molecule has 0 aromatic carbocycles. The van der Waals surface area contributed by atoms with Gasteiger partial charge in [0.1, 0.15) is 42.7 Å². The number of phosphoric acid groups is 1. The van der Waals surface area contributed by atoms with E-state index in [9.17, 15) is 50.0 Å². The fourth-order valence-corrected chi connectivity index (χ4v) is 7.30. The molecule has 0 heterocycles. The summed E-state index contributed by atoms with van der Waals surface area (Å²) in [6, 6.07) is -1.29. The first-order valence-electron chi connectivity index (χ1n) is 20.0. The van der Waals surface area contributed by atoms with Gasteiger partial charge in [-0.25, -0.2) is 4.57 Å². The molecule has 1 aliphatic carbocycles. The fourth-order valence-electron chi connectivity index (χ4n) is 6.34. The van der Waals surface area contributed by atoms with Crippen LogP contribution < -0.4 is 5.32 Å². The molecule has 0 saturated heterocycles. The van der Waals surface area contributed by atoms with Gasteiger partial charge >= 0.3 is 7.82 Å². The zero-order valence-electron chi connectivity index (χ0n) is 32.3. The van der Waals surface area contributed by atoms with Crippen LogP contribution in [0.25, 0.3) is 0 Å². The van der Waals surface area contributed by atoms with Crippen LogP contribution in [0.5, 0.6) is 0 Å². The summed E-state index contributed by atoms with van der Waals surface area (Å²) in [6.07, 6.45) is 8.20. The van der Waals surface area contributed by atoms with Gasteiger partial charge in [-0.15, -0.1) is 0 Å². The highest BCUT2D eigenvalue weighted by molar-refractivity contribution is 7.47. The van der Waals surface area contributed by atoms with Crippen LogP contribution in [-0.4, -0.2) is 108 Å². The third kappa shape index (κ3) is 21.2. The van der Waals surface area contributed by atoms with Gasteiger partial charge in [0, 0.05) is 0 Å². The summed E-state index contributed by atoms with van der Waals surface area (Å²) in [5.74, 6) is 0.679. The molecule has 52 heavy (non-hydrogen) atoms. The van der Waals surface area contributed by atoms with E-state index in [-0.39, 0.29) is 6.42 Å². The van der Waals surface area contributed by atoms with Gasteiger partial charge in [0.15, 0.2) is 0 Å². The van der Waals surface area contributed by atoms with Crippen LogP contribution in [-0.2, 0) is 18.4 Å². The summed E-state index contributed by atoms with van der Waals surface area (Å²) in [5, 5.41) is 74.0. The van der Waals surface area contributed by atoms with Crippen molar-refractivity contribution < 1.29 is 59.0 Å². The number of carbonyl (C=O) groups is 1. The Hall–Kier alpha value is -0.960. The van der Waals surface area contributed by atoms with Crippen molar-refractivity contribution in [2.45, 2.75) is 205 Å². The lowest BCUT2D eigenvalue weighted by Crippen LogP contribution is -2.64. The summed E-state index contributed by atoms with van der Waals surface area (Å²) < 4.78 is 22.7. The first-order chi connectivity index (χ1) is 24.6. The van der Waals surface area contributed by atoms with Gasteiger partial charge in [0.25, 0.3) is 0 Å². The minimum atomic E-state index is -5.14. The molecule has 0 aromatic rings. The largest absolute Gasteiger partial charge is 0.472 e. The SMILES string of the molecule is CC(C)CCCCCCCCC/C=C/[C@@H](O)[C@@H](COP(=O)(O)OC1[C@H](O)[C@H](O)C(O)[C@H](O)[C@H]1O)NC(=O)[C@H](O)CCCCCCCCCCC(C)C. The van der Waals surface area contributed by atoms with Crippen molar-refractivity contribution in [2.24, 2.45) is 11.8 Å². The van der Waals surface area contributed by atoms with E-state index in [1.165, 1.54) is 63.9 Å². The average molecular weight is 768 g/mol. The number of aliphatic hydroxyl groups is 7. The summed E-state index contributed by atoms with van der Waals surface area (Å²) in [5.41, 5.74) is 0. The van der Waals surface area contributed by atoms with Crippen LogP contribution in [0.1, 0.15) is 150 Å². The molecule has 0 bridgehead atoms. The number of carbonyl (C=O) groups excluding carboxylic acids is 1. The van der Waals surface area contributed by atoms with Crippen LogP contribution in [0.4, 0.5) is 0 Å². The minimum absolute atomic E-state index is 0.201. The smallest absolute Gasteiger partial charge is 0.387 e. The second kappa shape index (κ2) is 27.6. The van der Waals surface area contributed by atoms with E-state index in [2.05, 4.69) is 33.0 Å². The van der Waals surface area contributed by atoms with Crippen molar-refractivity contribution in [3.05, 3.63) is 12.2 Å². The van der Waals surface area contributed by atoms with E-state index in [1.54, 1.807) is 6.08 Å². The van der Waals surface area contributed by atoms with E-state index in [4.69, 9.17) is 9.05 Å². The highest BCUT2D eigenvalue weighted by atomic mass is 31.2. The zero-order valence-corrected chi connectivity index (χ0v) is 33.2. The Bertz CT molecular complexity index is 985. The Labute approximate surface area is 312 Å². The van der Waals surface area contributed by atoms with E-state index in [0.29, 0.717) is 12.8 Å². The van der Waals surface area contributed by atoms with Gasteiger partial charge in [-0.2, -0.15) is 0 Å². The third-order valence-electron chi connectivity index (χ3n) is 9.78. The molecule has 3 unspecified atom stereocenters.